The third-order valence-electron chi connectivity index (χ3n) is 3.34. The number of nitrogens with one attached hydrogen (secondary N) is 2. The molecule has 2 heterocycles. The summed E-state index contributed by atoms with van der Waals surface area (Å²) in [4.78, 5) is 15.3. The first-order valence-corrected chi connectivity index (χ1v) is 6.27. The molecule has 20 heavy (non-hydrogen) atoms. The lowest BCUT2D eigenvalue weighted by atomic mass is 10.1. The number of carbonyl (C=O) groups is 1. The maximum Gasteiger partial charge on any atom is 0.253 e. The number of benzene rings is 1. The molecule has 1 aromatic carbocycles. The van der Waals surface area contributed by atoms with Gasteiger partial charge in [0.15, 0.2) is 0 Å². The van der Waals surface area contributed by atoms with Crippen molar-refractivity contribution in [3.8, 4) is 0 Å². The lowest BCUT2D eigenvalue weighted by Crippen LogP contribution is -2.23. The number of fused-ring (bicyclic) bond motifs is 1. The van der Waals surface area contributed by atoms with Gasteiger partial charge in [0.25, 0.3) is 5.91 Å². The topological polar surface area (TPSA) is 88.7 Å². The van der Waals surface area contributed by atoms with Crippen molar-refractivity contribution in [2.24, 2.45) is 7.05 Å². The average molecular weight is 269 g/mol. The molecule has 0 atom stereocenters. The van der Waals surface area contributed by atoms with Crippen LogP contribution in [0.5, 0.6) is 0 Å². The first-order chi connectivity index (χ1) is 9.66. The Morgan fingerprint density at radius 1 is 1.45 bits per heavy atom. The molecule has 0 saturated carbocycles. The maximum atomic E-state index is 12.2. The van der Waals surface area contributed by atoms with Crippen LogP contribution in [0.1, 0.15) is 15.9 Å². The van der Waals surface area contributed by atoms with E-state index < -0.39 is 0 Å². The predicted octanol–water partition coefficient (Wildman–Crippen LogP) is 1.41. The van der Waals surface area contributed by atoms with Crippen LogP contribution in [-0.4, -0.2) is 20.7 Å². The van der Waals surface area contributed by atoms with Crippen LogP contribution in [0, 0.1) is 0 Å². The normalized spacial score (nSPS) is 10.8. The van der Waals surface area contributed by atoms with E-state index in [1.165, 1.54) is 0 Å². The van der Waals surface area contributed by atoms with Crippen LogP contribution in [-0.2, 0) is 13.6 Å². The smallest absolute Gasteiger partial charge is 0.253 e. The number of nitrogens with two attached hydrogens (primary N) is 1. The third-order valence-corrected chi connectivity index (χ3v) is 3.34. The van der Waals surface area contributed by atoms with E-state index >= 15 is 0 Å². The number of aromatic amines is 1. The van der Waals surface area contributed by atoms with Gasteiger partial charge in [-0.2, -0.15) is 5.10 Å². The van der Waals surface area contributed by atoms with Crippen LogP contribution in [0.25, 0.3) is 10.9 Å². The summed E-state index contributed by atoms with van der Waals surface area (Å²) in [5, 5.41) is 7.91. The Morgan fingerprint density at radius 3 is 3.05 bits per heavy atom. The molecular formula is C14H15N5O. The Labute approximate surface area is 115 Å². The van der Waals surface area contributed by atoms with Gasteiger partial charge < -0.3 is 16.0 Å². The summed E-state index contributed by atoms with van der Waals surface area (Å²) < 4.78 is 1.58. The molecule has 0 aliphatic heterocycles. The van der Waals surface area contributed by atoms with Gasteiger partial charge in [0, 0.05) is 30.7 Å². The molecule has 6 nitrogen and oxygen atoms in total. The molecular weight excluding hydrogens is 254 g/mol. The fourth-order valence-electron chi connectivity index (χ4n) is 2.17. The summed E-state index contributed by atoms with van der Waals surface area (Å²) in [6.45, 7) is 0.357. The van der Waals surface area contributed by atoms with Crippen LogP contribution in [0.4, 0.5) is 5.82 Å². The number of aryl methyl sites for hydroxylation is 1. The van der Waals surface area contributed by atoms with Gasteiger partial charge in [0.1, 0.15) is 5.82 Å². The van der Waals surface area contributed by atoms with Gasteiger partial charge in [-0.3, -0.25) is 9.48 Å². The van der Waals surface area contributed by atoms with E-state index in [0.29, 0.717) is 17.9 Å². The zero-order valence-corrected chi connectivity index (χ0v) is 11.1. The van der Waals surface area contributed by atoms with Gasteiger partial charge in [0.05, 0.1) is 17.3 Å². The van der Waals surface area contributed by atoms with Crippen LogP contribution in [0.15, 0.2) is 36.7 Å². The monoisotopic (exact) mass is 269 g/mol. The molecule has 0 radical (unpaired) electrons. The van der Waals surface area contributed by atoms with Gasteiger partial charge in [0.2, 0.25) is 0 Å². The van der Waals surface area contributed by atoms with E-state index in [9.17, 15) is 4.79 Å². The van der Waals surface area contributed by atoms with Crippen LogP contribution < -0.4 is 11.1 Å². The second-order valence-corrected chi connectivity index (χ2v) is 4.61. The van der Waals surface area contributed by atoms with E-state index in [0.717, 1.165) is 16.5 Å². The number of rotatable bonds is 3. The van der Waals surface area contributed by atoms with Crippen molar-refractivity contribution in [1.29, 1.82) is 0 Å². The molecule has 2 aromatic heterocycles. The molecule has 0 aliphatic rings. The number of nitrogens with zero attached hydrogens (tertiary/aromatic N) is 2. The van der Waals surface area contributed by atoms with Gasteiger partial charge in [-0.1, -0.05) is 12.1 Å². The van der Waals surface area contributed by atoms with Gasteiger partial charge in [-0.15, -0.1) is 0 Å². The maximum absolute atomic E-state index is 12.2. The van der Waals surface area contributed by atoms with Crippen molar-refractivity contribution >= 4 is 22.6 Å². The summed E-state index contributed by atoms with van der Waals surface area (Å²) in [5.74, 6) is 0.421. The largest absolute Gasteiger partial charge is 0.384 e. The Morgan fingerprint density at radius 2 is 2.30 bits per heavy atom. The number of hydrogen-bond donors (Lipinski definition) is 3. The number of aromatic nitrogens is 3. The van der Waals surface area contributed by atoms with Crippen molar-refractivity contribution < 1.29 is 4.79 Å². The summed E-state index contributed by atoms with van der Waals surface area (Å²) >= 11 is 0. The SMILES string of the molecule is Cn1ncc(CNC(=O)c2cccc3cc[nH]c23)c1N. The second kappa shape index (κ2) is 4.73. The summed E-state index contributed by atoms with van der Waals surface area (Å²) in [5.41, 5.74) is 8.11. The molecule has 3 aromatic rings. The molecule has 0 fully saturated rings. The second-order valence-electron chi connectivity index (χ2n) is 4.61. The molecule has 6 heteroatoms. The number of hydrogen-bond acceptors (Lipinski definition) is 3. The van der Waals surface area contributed by atoms with E-state index in [1.54, 1.807) is 24.0 Å². The molecule has 102 valence electrons. The average Bonchev–Trinajstić information content (AvgIpc) is 3.04. The highest BCUT2D eigenvalue weighted by Gasteiger charge is 2.12. The zero-order chi connectivity index (χ0) is 14.1. The first kappa shape index (κ1) is 12.3. The lowest BCUT2D eigenvalue weighted by Gasteiger charge is -2.06. The van der Waals surface area contributed by atoms with Crippen molar-refractivity contribution in [2.75, 3.05) is 5.73 Å². The highest BCUT2D eigenvalue weighted by atomic mass is 16.1. The first-order valence-electron chi connectivity index (χ1n) is 6.27. The minimum absolute atomic E-state index is 0.138. The summed E-state index contributed by atoms with van der Waals surface area (Å²) in [6, 6.07) is 7.55. The van der Waals surface area contributed by atoms with Crippen LogP contribution in [0.3, 0.4) is 0 Å². The highest BCUT2D eigenvalue weighted by molar-refractivity contribution is 6.05. The number of amides is 1. The Balaban J connectivity index is 1.80. The Bertz CT molecular complexity index is 771. The fourth-order valence-corrected chi connectivity index (χ4v) is 2.17. The van der Waals surface area contributed by atoms with Crippen LogP contribution in [0.2, 0.25) is 0 Å². The molecule has 0 aliphatic carbocycles. The Kier molecular flexibility index (Phi) is 2.90. The van der Waals surface area contributed by atoms with Crippen molar-refractivity contribution in [2.45, 2.75) is 6.54 Å². The van der Waals surface area contributed by atoms with E-state index in [1.807, 2.05) is 24.4 Å². The van der Waals surface area contributed by atoms with Crippen molar-refractivity contribution in [1.82, 2.24) is 20.1 Å². The van der Waals surface area contributed by atoms with Gasteiger partial charge in [-0.25, -0.2) is 0 Å². The fraction of sp³-hybridized carbons (Fsp3) is 0.143. The van der Waals surface area contributed by atoms with Gasteiger partial charge >= 0.3 is 0 Å². The number of H-pyrrole nitrogens is 1. The van der Waals surface area contributed by atoms with Crippen LogP contribution >= 0.6 is 0 Å². The minimum Gasteiger partial charge on any atom is -0.384 e. The third kappa shape index (κ3) is 2.01. The van der Waals surface area contributed by atoms with Crippen molar-refractivity contribution in [3.63, 3.8) is 0 Å². The standard InChI is InChI=1S/C14H15N5O/c1-19-13(15)10(8-18-19)7-17-14(20)11-4-2-3-9-5-6-16-12(9)11/h2-6,8,16H,7,15H2,1H3,(H,17,20). The molecule has 0 spiro atoms. The van der Waals surface area contributed by atoms with Gasteiger partial charge in [-0.05, 0) is 12.1 Å². The van der Waals surface area contributed by atoms with E-state index in [2.05, 4.69) is 15.4 Å². The molecule has 0 bridgehead atoms. The number of nitrogen functional groups attached to an aromatic ring is 1. The highest BCUT2D eigenvalue weighted by Crippen LogP contribution is 2.17. The number of carbonyl (C=O) groups excluding carboxylic acids is 1. The predicted molar refractivity (Wildman–Crippen MR) is 77.1 cm³/mol. The zero-order valence-electron chi connectivity index (χ0n) is 11.1. The van der Waals surface area contributed by atoms with Crippen molar-refractivity contribution in [3.05, 3.63) is 47.8 Å². The number of anilines is 1. The summed E-state index contributed by atoms with van der Waals surface area (Å²) in [6.07, 6.45) is 3.48. The minimum atomic E-state index is -0.138. The molecule has 4 N–H and O–H groups in total. The molecule has 0 saturated heterocycles. The number of para-hydroxylation sites is 1. The quantitative estimate of drug-likeness (QED) is 0.671. The summed E-state index contributed by atoms with van der Waals surface area (Å²) in [7, 11) is 1.76. The van der Waals surface area contributed by atoms with E-state index in [-0.39, 0.29) is 5.91 Å². The molecule has 3 rings (SSSR count). The molecule has 0 unspecified atom stereocenters. The van der Waals surface area contributed by atoms with E-state index in [4.69, 9.17) is 5.73 Å². The molecule has 1 amide bonds. The Hall–Kier alpha value is -2.76. The lowest BCUT2D eigenvalue weighted by molar-refractivity contribution is 0.0952.